The van der Waals surface area contributed by atoms with Crippen LogP contribution in [0.4, 0.5) is 5.82 Å². The molecular weight excluding hydrogens is 390 g/mol. The molecule has 3 N–H and O–H groups in total. The quantitative estimate of drug-likeness (QED) is 0.423. The van der Waals surface area contributed by atoms with Gasteiger partial charge in [-0.25, -0.2) is 4.98 Å². The lowest BCUT2D eigenvalue weighted by atomic mass is 9.93. The Bertz CT molecular complexity index is 1250. The van der Waals surface area contributed by atoms with Gasteiger partial charge in [-0.05, 0) is 59.7 Å². The van der Waals surface area contributed by atoms with Gasteiger partial charge in [-0.15, -0.1) is 0 Å². The molecule has 0 saturated heterocycles. The molecule has 0 bridgehead atoms. The van der Waals surface area contributed by atoms with E-state index in [9.17, 15) is 4.79 Å². The number of carboxylic acid groups (broad SMARTS) is 1. The van der Waals surface area contributed by atoms with Crippen molar-refractivity contribution in [1.82, 2.24) is 9.97 Å². The summed E-state index contributed by atoms with van der Waals surface area (Å²) in [7, 11) is 1.67. The molecule has 6 heteroatoms. The minimum absolute atomic E-state index is 0.0865. The molecule has 0 aliphatic rings. The van der Waals surface area contributed by atoms with Crippen molar-refractivity contribution in [3.05, 3.63) is 71.4 Å². The van der Waals surface area contributed by atoms with Crippen LogP contribution in [0.2, 0.25) is 0 Å². The summed E-state index contributed by atoms with van der Waals surface area (Å²) in [5, 5.41) is 10.9. The highest BCUT2D eigenvalue weighted by Gasteiger charge is 2.13. The number of nitrogens with two attached hydrogens (primary N) is 1. The van der Waals surface area contributed by atoms with Crippen LogP contribution in [-0.4, -0.2) is 28.2 Å². The van der Waals surface area contributed by atoms with E-state index in [4.69, 9.17) is 15.6 Å². The van der Waals surface area contributed by atoms with Crippen LogP contribution >= 0.6 is 0 Å². The van der Waals surface area contributed by atoms with Gasteiger partial charge in [0.1, 0.15) is 11.3 Å². The minimum atomic E-state index is -0.814. The second-order valence-electron chi connectivity index (χ2n) is 7.86. The summed E-state index contributed by atoms with van der Waals surface area (Å²) in [5.41, 5.74) is 10.9. The fourth-order valence-electron chi connectivity index (χ4n) is 3.88. The zero-order valence-corrected chi connectivity index (χ0v) is 17.6. The van der Waals surface area contributed by atoms with Crippen LogP contribution < -0.4 is 10.5 Å². The number of aromatic nitrogens is 2. The minimum Gasteiger partial charge on any atom is -0.497 e. The number of anilines is 1. The normalized spacial score (nSPS) is 12.2. The lowest BCUT2D eigenvalue weighted by molar-refractivity contribution is -0.136. The highest BCUT2D eigenvalue weighted by molar-refractivity contribution is 6.08. The van der Waals surface area contributed by atoms with Crippen LogP contribution in [0.3, 0.4) is 0 Å². The number of pyridine rings is 2. The summed E-state index contributed by atoms with van der Waals surface area (Å²) in [6.45, 7) is 2.18. The fraction of sp³-hybridized carbons (Fsp3) is 0.240. The van der Waals surface area contributed by atoms with Crippen LogP contribution in [-0.2, 0) is 17.6 Å². The van der Waals surface area contributed by atoms with Crippen molar-refractivity contribution < 1.29 is 14.6 Å². The number of nitrogens with zero attached hydrogens (tertiary/aromatic N) is 2. The fourth-order valence-corrected chi connectivity index (χ4v) is 3.88. The molecule has 0 radical (unpaired) electrons. The third-order valence-corrected chi connectivity index (χ3v) is 5.64. The first-order chi connectivity index (χ1) is 14.9. The van der Waals surface area contributed by atoms with Crippen LogP contribution in [0.25, 0.3) is 21.8 Å². The van der Waals surface area contributed by atoms with E-state index >= 15 is 0 Å². The maximum absolute atomic E-state index is 10.9. The lowest BCUT2D eigenvalue weighted by Crippen LogP contribution is -2.02. The van der Waals surface area contributed by atoms with Gasteiger partial charge in [0.2, 0.25) is 0 Å². The number of carboxylic acids is 1. The van der Waals surface area contributed by atoms with Crippen molar-refractivity contribution in [1.29, 1.82) is 0 Å². The Morgan fingerprint density at radius 3 is 2.55 bits per heavy atom. The summed E-state index contributed by atoms with van der Waals surface area (Å²) >= 11 is 0. The first-order valence-electron chi connectivity index (χ1n) is 10.3. The third kappa shape index (κ3) is 4.43. The van der Waals surface area contributed by atoms with E-state index in [0.717, 1.165) is 39.6 Å². The molecular formula is C25H25N3O3. The van der Waals surface area contributed by atoms with E-state index in [1.54, 1.807) is 7.11 Å². The molecule has 0 saturated carbocycles. The van der Waals surface area contributed by atoms with Crippen molar-refractivity contribution in [3.8, 4) is 5.75 Å². The van der Waals surface area contributed by atoms with Gasteiger partial charge in [0.05, 0.1) is 12.6 Å². The number of aliphatic carboxylic acids is 1. The highest BCUT2D eigenvalue weighted by Crippen LogP contribution is 2.31. The molecule has 0 spiro atoms. The maximum atomic E-state index is 10.9. The van der Waals surface area contributed by atoms with Gasteiger partial charge in [0, 0.05) is 23.4 Å². The molecule has 2 aromatic heterocycles. The molecule has 6 nitrogen and oxygen atoms in total. The predicted octanol–water partition coefficient (Wildman–Crippen LogP) is 4.74. The van der Waals surface area contributed by atoms with Gasteiger partial charge < -0.3 is 15.6 Å². The van der Waals surface area contributed by atoms with Gasteiger partial charge in [-0.3, -0.25) is 9.78 Å². The van der Waals surface area contributed by atoms with E-state index < -0.39 is 5.97 Å². The first-order valence-corrected chi connectivity index (χ1v) is 10.3. The second-order valence-corrected chi connectivity index (χ2v) is 7.86. The lowest BCUT2D eigenvalue weighted by Gasteiger charge is -2.14. The SMILES string of the molecule is COc1ccc(CC(C)c2cnc3c(N)nc4cc(CCC(=O)O)ccc4c3c2)cc1. The largest absolute Gasteiger partial charge is 0.497 e. The first kappa shape index (κ1) is 20.6. The summed E-state index contributed by atoms with van der Waals surface area (Å²) in [5.74, 6) is 0.684. The van der Waals surface area contributed by atoms with Gasteiger partial charge in [0.25, 0.3) is 0 Å². The number of fused-ring (bicyclic) bond motifs is 3. The van der Waals surface area contributed by atoms with Crippen molar-refractivity contribution in [2.45, 2.75) is 32.1 Å². The van der Waals surface area contributed by atoms with E-state index in [1.165, 1.54) is 5.56 Å². The van der Waals surface area contributed by atoms with Crippen molar-refractivity contribution >= 4 is 33.6 Å². The Kier molecular flexibility index (Phi) is 5.71. The van der Waals surface area contributed by atoms with Gasteiger partial charge in [0.15, 0.2) is 5.82 Å². The standard InChI is InChI=1S/C25H25N3O3/c1-15(11-16-3-7-19(31-2)8-4-16)18-13-21-20-9-5-17(6-10-23(29)30)12-22(20)28-25(26)24(21)27-14-18/h3-5,7-9,12-15H,6,10-11H2,1-2H3,(H2,26,28)(H,29,30). The van der Waals surface area contributed by atoms with E-state index in [-0.39, 0.29) is 12.3 Å². The second kappa shape index (κ2) is 8.60. The van der Waals surface area contributed by atoms with Gasteiger partial charge in [-0.1, -0.05) is 31.2 Å². The molecule has 1 unspecified atom stereocenters. The Morgan fingerprint density at radius 2 is 1.84 bits per heavy atom. The van der Waals surface area contributed by atoms with Crippen LogP contribution in [0.15, 0.2) is 54.7 Å². The Balaban J connectivity index is 1.68. The molecule has 0 fully saturated rings. The Morgan fingerprint density at radius 1 is 1.10 bits per heavy atom. The molecule has 4 aromatic rings. The number of hydrogen-bond donors (Lipinski definition) is 2. The number of rotatable bonds is 7. The zero-order chi connectivity index (χ0) is 22.0. The average Bonchev–Trinajstić information content (AvgIpc) is 2.77. The number of ether oxygens (including phenoxy) is 1. The van der Waals surface area contributed by atoms with E-state index in [1.807, 2.05) is 36.5 Å². The van der Waals surface area contributed by atoms with Gasteiger partial charge in [-0.2, -0.15) is 0 Å². The highest BCUT2D eigenvalue weighted by atomic mass is 16.5. The van der Waals surface area contributed by atoms with Crippen molar-refractivity contribution in [2.24, 2.45) is 0 Å². The Hall–Kier alpha value is -3.67. The van der Waals surface area contributed by atoms with Gasteiger partial charge >= 0.3 is 5.97 Å². The monoisotopic (exact) mass is 415 g/mol. The Labute approximate surface area is 180 Å². The smallest absolute Gasteiger partial charge is 0.303 e. The predicted molar refractivity (Wildman–Crippen MR) is 123 cm³/mol. The number of carbonyl (C=O) groups is 1. The molecule has 1 atom stereocenters. The summed E-state index contributed by atoms with van der Waals surface area (Å²) in [6, 6.07) is 16.1. The maximum Gasteiger partial charge on any atom is 0.303 e. The topological polar surface area (TPSA) is 98.3 Å². The number of hydrogen-bond acceptors (Lipinski definition) is 5. The van der Waals surface area contributed by atoms with E-state index in [2.05, 4.69) is 35.1 Å². The van der Waals surface area contributed by atoms with Crippen LogP contribution in [0, 0.1) is 0 Å². The number of benzene rings is 2. The summed E-state index contributed by atoms with van der Waals surface area (Å²) in [6.07, 6.45) is 3.31. The zero-order valence-electron chi connectivity index (χ0n) is 17.6. The summed E-state index contributed by atoms with van der Waals surface area (Å²) in [4.78, 5) is 20.0. The number of aryl methyl sites for hydroxylation is 1. The summed E-state index contributed by atoms with van der Waals surface area (Å²) < 4.78 is 5.24. The van der Waals surface area contributed by atoms with Crippen LogP contribution in [0.5, 0.6) is 5.75 Å². The molecule has 158 valence electrons. The molecule has 2 heterocycles. The number of nitrogen functional groups attached to an aromatic ring is 1. The third-order valence-electron chi connectivity index (χ3n) is 5.64. The molecule has 2 aromatic carbocycles. The molecule has 0 amide bonds. The molecule has 31 heavy (non-hydrogen) atoms. The molecule has 0 aliphatic carbocycles. The van der Waals surface area contributed by atoms with Crippen LogP contribution in [0.1, 0.15) is 36.0 Å². The van der Waals surface area contributed by atoms with Crippen molar-refractivity contribution in [3.63, 3.8) is 0 Å². The molecule has 0 aliphatic heterocycles. The van der Waals surface area contributed by atoms with E-state index in [0.29, 0.717) is 17.8 Å². The number of methoxy groups -OCH3 is 1. The molecule has 4 rings (SSSR count). The average molecular weight is 415 g/mol. The van der Waals surface area contributed by atoms with Crippen molar-refractivity contribution in [2.75, 3.05) is 12.8 Å².